The lowest BCUT2D eigenvalue weighted by atomic mass is 10.3. The second kappa shape index (κ2) is 2.85. The van der Waals surface area contributed by atoms with E-state index in [0.717, 1.165) is 0 Å². The quantitative estimate of drug-likeness (QED) is 0.627. The molecule has 0 saturated heterocycles. The Morgan fingerprint density at radius 3 is 3.08 bits per heavy atom. The summed E-state index contributed by atoms with van der Waals surface area (Å²) < 4.78 is 5.13. The minimum absolute atomic E-state index is 0.00116. The fraction of sp³-hybridized carbons (Fsp3) is 0.286. The summed E-state index contributed by atoms with van der Waals surface area (Å²) in [5.74, 6) is 0.597. The molecule has 0 aliphatic carbocycles. The fourth-order valence-corrected chi connectivity index (χ4v) is 1.30. The van der Waals surface area contributed by atoms with Crippen molar-refractivity contribution in [2.45, 2.75) is 6.92 Å². The fourth-order valence-electron chi connectivity index (χ4n) is 1.09. The molecule has 0 unspecified atom stereocenters. The maximum absolute atomic E-state index is 10.9. The van der Waals surface area contributed by atoms with Gasteiger partial charge in [-0.15, -0.1) is 0 Å². The molecule has 0 aromatic carbocycles. The number of amides is 1. The van der Waals surface area contributed by atoms with Crippen LogP contribution in [0.5, 0.6) is 5.75 Å². The smallest absolute Gasteiger partial charge is 0.263 e. The number of carbonyl (C=O) groups excluding carboxylic acids is 1. The van der Waals surface area contributed by atoms with Crippen LogP contribution in [0, 0.1) is 6.92 Å². The van der Waals surface area contributed by atoms with Crippen LogP contribution in [0.25, 0.3) is 0 Å². The van der Waals surface area contributed by atoms with Crippen molar-refractivity contribution in [1.82, 2.24) is 9.97 Å². The number of carbonyl (C=O) groups is 1. The topological polar surface area (TPSA) is 64.1 Å². The number of rotatable bonds is 0. The summed E-state index contributed by atoms with van der Waals surface area (Å²) in [4.78, 5) is 18.6. The largest absolute Gasteiger partial charge is 0.478 e. The number of aryl methyl sites for hydroxylation is 1. The average Bonchev–Trinajstić information content (AvgIpc) is 2.02. The Labute approximate surface area is 79.1 Å². The number of hydrogen-bond donors (Lipinski definition) is 1. The Morgan fingerprint density at radius 2 is 2.31 bits per heavy atom. The molecule has 0 saturated carbocycles. The average molecular weight is 200 g/mol. The molecular formula is C7H6ClN3O2. The number of anilines is 1. The Balaban J connectivity index is 2.53. The predicted molar refractivity (Wildman–Crippen MR) is 45.9 cm³/mol. The summed E-state index contributed by atoms with van der Waals surface area (Å²) in [7, 11) is 0. The van der Waals surface area contributed by atoms with Crippen LogP contribution in [0.2, 0.25) is 5.28 Å². The zero-order valence-electron chi connectivity index (χ0n) is 6.80. The molecule has 0 atom stereocenters. The molecule has 0 fully saturated rings. The minimum Gasteiger partial charge on any atom is -0.478 e. The molecule has 0 radical (unpaired) electrons. The van der Waals surface area contributed by atoms with Crippen LogP contribution in [0.1, 0.15) is 5.69 Å². The first-order valence-corrected chi connectivity index (χ1v) is 4.01. The van der Waals surface area contributed by atoms with Crippen molar-refractivity contribution >= 4 is 23.3 Å². The number of nitrogens with zero attached hydrogens (tertiary/aromatic N) is 2. The zero-order chi connectivity index (χ0) is 9.42. The van der Waals surface area contributed by atoms with Gasteiger partial charge >= 0.3 is 0 Å². The second-order valence-corrected chi connectivity index (χ2v) is 2.93. The molecule has 2 rings (SSSR count). The molecule has 0 spiro atoms. The van der Waals surface area contributed by atoms with Gasteiger partial charge in [0.2, 0.25) is 5.28 Å². The third-order valence-corrected chi connectivity index (χ3v) is 1.78. The van der Waals surface area contributed by atoms with Crippen LogP contribution in [-0.4, -0.2) is 22.5 Å². The molecule has 1 aromatic rings. The van der Waals surface area contributed by atoms with Gasteiger partial charge < -0.3 is 10.1 Å². The van der Waals surface area contributed by atoms with E-state index in [0.29, 0.717) is 17.3 Å². The molecule has 5 nitrogen and oxygen atoms in total. The Morgan fingerprint density at radius 1 is 1.54 bits per heavy atom. The lowest BCUT2D eigenvalue weighted by molar-refractivity contribution is -0.118. The van der Waals surface area contributed by atoms with E-state index in [-0.39, 0.29) is 17.8 Å². The highest BCUT2D eigenvalue weighted by Gasteiger charge is 2.20. The Hall–Kier alpha value is -1.36. The van der Waals surface area contributed by atoms with Gasteiger partial charge in [0.1, 0.15) is 0 Å². The van der Waals surface area contributed by atoms with Gasteiger partial charge in [-0.2, -0.15) is 4.98 Å². The zero-order valence-corrected chi connectivity index (χ0v) is 7.55. The van der Waals surface area contributed by atoms with Crippen molar-refractivity contribution in [3.05, 3.63) is 11.0 Å². The number of halogens is 1. The lowest BCUT2D eigenvalue weighted by Crippen LogP contribution is -2.27. The van der Waals surface area contributed by atoms with Crippen LogP contribution in [-0.2, 0) is 4.79 Å². The molecule has 1 aromatic heterocycles. The molecule has 1 amide bonds. The van der Waals surface area contributed by atoms with Gasteiger partial charge in [-0.05, 0) is 18.5 Å². The lowest BCUT2D eigenvalue weighted by Gasteiger charge is -2.17. The van der Waals surface area contributed by atoms with Gasteiger partial charge in [0, 0.05) is 0 Å². The van der Waals surface area contributed by atoms with Crippen molar-refractivity contribution in [1.29, 1.82) is 0 Å². The first-order valence-electron chi connectivity index (χ1n) is 3.63. The molecule has 1 aliphatic rings. The van der Waals surface area contributed by atoms with Gasteiger partial charge in [-0.25, -0.2) is 4.98 Å². The maximum Gasteiger partial charge on any atom is 0.263 e. The first-order chi connectivity index (χ1) is 6.16. The molecule has 0 bridgehead atoms. The molecule has 1 aliphatic heterocycles. The van der Waals surface area contributed by atoms with Crippen molar-refractivity contribution in [3.63, 3.8) is 0 Å². The highest BCUT2D eigenvalue weighted by atomic mass is 35.5. The summed E-state index contributed by atoms with van der Waals surface area (Å²) >= 11 is 5.60. The van der Waals surface area contributed by atoms with Gasteiger partial charge in [0.15, 0.2) is 18.2 Å². The number of hydrogen-bond acceptors (Lipinski definition) is 4. The summed E-state index contributed by atoms with van der Waals surface area (Å²) in [5, 5.41) is 2.64. The molecule has 1 N–H and O–H groups in total. The van der Waals surface area contributed by atoms with E-state index in [1.807, 2.05) is 0 Å². The predicted octanol–water partition coefficient (Wildman–Crippen LogP) is 0.769. The number of fused-ring (bicyclic) bond motifs is 1. The SMILES string of the molecule is Cc1nc(Cl)nc2c1OCC(=O)N2. The highest BCUT2D eigenvalue weighted by Crippen LogP contribution is 2.28. The third-order valence-electron chi connectivity index (χ3n) is 1.61. The summed E-state index contributed by atoms with van der Waals surface area (Å²) in [6.45, 7) is 1.74. The van der Waals surface area contributed by atoms with Crippen molar-refractivity contribution in [3.8, 4) is 5.75 Å². The summed E-state index contributed by atoms with van der Waals surface area (Å²) in [6, 6.07) is 0. The van der Waals surface area contributed by atoms with Crippen LogP contribution in [0.3, 0.4) is 0 Å². The van der Waals surface area contributed by atoms with Gasteiger partial charge in [-0.3, -0.25) is 4.79 Å². The maximum atomic E-state index is 10.9. The minimum atomic E-state index is -0.235. The van der Waals surface area contributed by atoms with Gasteiger partial charge in [-0.1, -0.05) is 0 Å². The number of nitrogens with one attached hydrogen (secondary N) is 1. The van der Waals surface area contributed by atoms with Gasteiger partial charge in [0.05, 0.1) is 5.69 Å². The Bertz CT molecular complexity index is 380. The van der Waals surface area contributed by atoms with E-state index in [4.69, 9.17) is 16.3 Å². The van der Waals surface area contributed by atoms with Crippen molar-refractivity contribution in [2.24, 2.45) is 0 Å². The molecular weight excluding hydrogens is 194 g/mol. The summed E-state index contributed by atoms with van der Waals surface area (Å²) in [6.07, 6.45) is 0. The standard InChI is InChI=1S/C7H6ClN3O2/c1-3-5-6(11-7(8)9-3)10-4(12)2-13-5/h2H2,1H3,(H,9,10,11,12). The third kappa shape index (κ3) is 1.42. The van der Waals surface area contributed by atoms with E-state index in [9.17, 15) is 4.79 Å². The van der Waals surface area contributed by atoms with Crippen LogP contribution in [0.4, 0.5) is 5.82 Å². The van der Waals surface area contributed by atoms with E-state index in [2.05, 4.69) is 15.3 Å². The second-order valence-electron chi connectivity index (χ2n) is 2.59. The van der Waals surface area contributed by atoms with Crippen molar-refractivity contribution in [2.75, 3.05) is 11.9 Å². The van der Waals surface area contributed by atoms with E-state index >= 15 is 0 Å². The summed E-state index contributed by atoms with van der Waals surface area (Å²) in [5.41, 5.74) is 0.620. The van der Waals surface area contributed by atoms with Crippen LogP contribution in [0.15, 0.2) is 0 Å². The monoisotopic (exact) mass is 199 g/mol. The van der Waals surface area contributed by atoms with Crippen LogP contribution < -0.4 is 10.1 Å². The number of aromatic nitrogens is 2. The number of ether oxygens (including phenoxy) is 1. The first kappa shape index (κ1) is 8.25. The molecule has 6 heteroatoms. The van der Waals surface area contributed by atoms with Crippen molar-refractivity contribution < 1.29 is 9.53 Å². The molecule has 2 heterocycles. The van der Waals surface area contributed by atoms with E-state index < -0.39 is 0 Å². The van der Waals surface area contributed by atoms with E-state index in [1.54, 1.807) is 6.92 Å². The van der Waals surface area contributed by atoms with E-state index in [1.165, 1.54) is 0 Å². The Kier molecular flexibility index (Phi) is 1.81. The molecule has 13 heavy (non-hydrogen) atoms. The molecule has 68 valence electrons. The highest BCUT2D eigenvalue weighted by molar-refractivity contribution is 6.28. The normalized spacial score (nSPS) is 14.5. The van der Waals surface area contributed by atoms with Crippen LogP contribution >= 0.6 is 11.6 Å². The van der Waals surface area contributed by atoms with Gasteiger partial charge in [0.25, 0.3) is 5.91 Å².